The van der Waals surface area contributed by atoms with Crippen LogP contribution < -0.4 is 15.4 Å². The second-order valence-electron chi connectivity index (χ2n) is 7.41. The lowest BCUT2D eigenvalue weighted by Crippen LogP contribution is -2.57. The van der Waals surface area contributed by atoms with Gasteiger partial charge < -0.3 is 15.4 Å². The van der Waals surface area contributed by atoms with E-state index >= 15 is 0 Å². The van der Waals surface area contributed by atoms with Crippen LogP contribution in [-0.2, 0) is 9.59 Å². The average Bonchev–Trinajstić information content (AvgIpc) is 2.66. The number of hydrogen-bond donors (Lipinski definition) is 2. The highest BCUT2D eigenvalue weighted by Crippen LogP contribution is 2.43. The van der Waals surface area contributed by atoms with Crippen LogP contribution in [0.4, 0.5) is 13.2 Å². The summed E-state index contributed by atoms with van der Waals surface area (Å²) in [6.45, 7) is 1.49. The monoisotopic (exact) mass is 404 g/mol. The normalized spacial score (nSPS) is 24.0. The summed E-state index contributed by atoms with van der Waals surface area (Å²) in [6.07, 6.45) is -4.88. The average molecular weight is 404 g/mol. The number of piperidine rings is 1. The summed E-state index contributed by atoms with van der Waals surface area (Å²) in [6, 6.07) is 11.9. The van der Waals surface area contributed by atoms with E-state index in [-0.39, 0.29) is 6.42 Å². The molecule has 0 bridgehead atoms. The summed E-state index contributed by atoms with van der Waals surface area (Å²) in [5.74, 6) is -2.30. The Morgan fingerprint density at radius 2 is 1.62 bits per heavy atom. The van der Waals surface area contributed by atoms with Crippen LogP contribution in [0.25, 0.3) is 0 Å². The Hall–Kier alpha value is -3.03. The second-order valence-corrected chi connectivity index (χ2v) is 7.41. The zero-order valence-electron chi connectivity index (χ0n) is 15.5. The van der Waals surface area contributed by atoms with Gasteiger partial charge in [0.15, 0.2) is 0 Å². The summed E-state index contributed by atoms with van der Waals surface area (Å²) >= 11 is 0. The fourth-order valence-corrected chi connectivity index (χ4v) is 3.98. The highest BCUT2D eigenvalue weighted by Gasteiger charge is 2.49. The Morgan fingerprint density at radius 1 is 1.07 bits per heavy atom. The van der Waals surface area contributed by atoms with Crippen molar-refractivity contribution in [1.82, 2.24) is 10.6 Å². The number of para-hydroxylation sites is 2. The van der Waals surface area contributed by atoms with E-state index in [1.54, 1.807) is 48.5 Å². The molecule has 3 unspecified atom stereocenters. The number of nitrogens with one attached hydrogen (secondary N) is 2. The van der Waals surface area contributed by atoms with E-state index in [9.17, 15) is 22.8 Å². The number of fused-ring (bicyclic) bond motifs is 2. The SMILES string of the molecule is CC1CC(C(F)(F)F)NC(=O)C1C(=O)NC1c2ccccc2Oc2ccccc21. The van der Waals surface area contributed by atoms with E-state index in [0.717, 1.165) is 11.1 Å². The number of rotatable bonds is 2. The molecule has 8 heteroatoms. The summed E-state index contributed by atoms with van der Waals surface area (Å²) in [5.41, 5.74) is 1.44. The van der Waals surface area contributed by atoms with Crippen molar-refractivity contribution in [3.8, 4) is 11.5 Å². The first-order valence-corrected chi connectivity index (χ1v) is 9.29. The van der Waals surface area contributed by atoms with Crippen LogP contribution in [0.15, 0.2) is 48.5 Å². The van der Waals surface area contributed by atoms with E-state index in [1.165, 1.54) is 6.92 Å². The number of alkyl halides is 3. The third kappa shape index (κ3) is 3.54. The molecule has 4 rings (SSSR count). The van der Waals surface area contributed by atoms with Crippen molar-refractivity contribution < 1.29 is 27.5 Å². The van der Waals surface area contributed by atoms with Gasteiger partial charge in [-0.05, 0) is 24.5 Å². The van der Waals surface area contributed by atoms with Crippen molar-refractivity contribution in [2.75, 3.05) is 0 Å². The molecule has 2 aromatic rings. The number of benzene rings is 2. The number of carbonyl (C=O) groups is 2. The molecule has 2 heterocycles. The quantitative estimate of drug-likeness (QED) is 0.750. The molecule has 0 aliphatic carbocycles. The van der Waals surface area contributed by atoms with Crippen LogP contribution in [-0.4, -0.2) is 24.0 Å². The van der Waals surface area contributed by atoms with Crippen LogP contribution in [0.3, 0.4) is 0 Å². The summed E-state index contributed by atoms with van der Waals surface area (Å²) in [7, 11) is 0. The number of amides is 2. The molecule has 0 aromatic heterocycles. The van der Waals surface area contributed by atoms with E-state index in [0.29, 0.717) is 11.5 Å². The fraction of sp³-hybridized carbons (Fsp3) is 0.333. The van der Waals surface area contributed by atoms with Crippen LogP contribution in [0.5, 0.6) is 11.5 Å². The predicted octanol–water partition coefficient (Wildman–Crippen LogP) is 3.70. The van der Waals surface area contributed by atoms with Gasteiger partial charge in [-0.1, -0.05) is 43.3 Å². The highest BCUT2D eigenvalue weighted by molar-refractivity contribution is 6.01. The van der Waals surface area contributed by atoms with Gasteiger partial charge in [0.25, 0.3) is 0 Å². The smallest absolute Gasteiger partial charge is 0.408 e. The molecule has 2 N–H and O–H groups in total. The lowest BCUT2D eigenvalue weighted by Gasteiger charge is -2.36. The topological polar surface area (TPSA) is 67.4 Å². The second kappa shape index (κ2) is 7.09. The molecule has 2 aliphatic rings. The van der Waals surface area contributed by atoms with Gasteiger partial charge in [0.1, 0.15) is 23.5 Å². The lowest BCUT2D eigenvalue weighted by atomic mass is 9.82. The van der Waals surface area contributed by atoms with Crippen LogP contribution in [0.2, 0.25) is 0 Å². The molecule has 2 amide bonds. The van der Waals surface area contributed by atoms with Crippen molar-refractivity contribution in [3.05, 3.63) is 59.7 Å². The molecule has 3 atom stereocenters. The molecule has 2 aliphatic heterocycles. The third-order valence-electron chi connectivity index (χ3n) is 5.42. The highest BCUT2D eigenvalue weighted by atomic mass is 19.4. The molecular formula is C21H19F3N2O3. The van der Waals surface area contributed by atoms with Crippen molar-refractivity contribution in [2.24, 2.45) is 11.8 Å². The van der Waals surface area contributed by atoms with E-state index in [1.807, 2.05) is 5.32 Å². The Bertz CT molecular complexity index is 915. The Kier molecular flexibility index (Phi) is 4.72. The van der Waals surface area contributed by atoms with Crippen molar-refractivity contribution in [3.63, 3.8) is 0 Å². The molecule has 29 heavy (non-hydrogen) atoms. The largest absolute Gasteiger partial charge is 0.457 e. The minimum absolute atomic E-state index is 0.339. The van der Waals surface area contributed by atoms with Crippen molar-refractivity contribution in [2.45, 2.75) is 31.6 Å². The Morgan fingerprint density at radius 3 is 2.14 bits per heavy atom. The third-order valence-corrected chi connectivity index (χ3v) is 5.42. The van der Waals surface area contributed by atoms with Gasteiger partial charge in [-0.15, -0.1) is 0 Å². The molecule has 0 saturated carbocycles. The number of halogens is 3. The standard InChI is InChI=1S/C21H19F3N2O3/c1-11-10-16(21(22,23)24)25-19(27)17(11)20(28)26-18-12-6-2-4-8-14(12)29-15-9-5-3-7-13(15)18/h2-9,11,16-18H,10H2,1H3,(H,25,27)(H,26,28). The zero-order chi connectivity index (χ0) is 20.8. The predicted molar refractivity (Wildman–Crippen MR) is 98.2 cm³/mol. The van der Waals surface area contributed by atoms with E-state index in [2.05, 4.69) is 5.32 Å². The number of carbonyl (C=O) groups excluding carboxylic acids is 2. The molecule has 0 spiro atoms. The lowest BCUT2D eigenvalue weighted by molar-refractivity contribution is -0.175. The Labute approximate surface area is 165 Å². The van der Waals surface area contributed by atoms with Gasteiger partial charge in [0, 0.05) is 11.1 Å². The molecule has 152 valence electrons. The summed E-state index contributed by atoms with van der Waals surface area (Å²) in [5, 5.41) is 4.80. The summed E-state index contributed by atoms with van der Waals surface area (Å²) < 4.78 is 44.8. The molecular weight excluding hydrogens is 385 g/mol. The minimum atomic E-state index is -4.54. The minimum Gasteiger partial charge on any atom is -0.457 e. The van der Waals surface area contributed by atoms with E-state index < -0.39 is 41.9 Å². The molecule has 2 aromatic carbocycles. The van der Waals surface area contributed by atoms with Gasteiger partial charge in [-0.25, -0.2) is 0 Å². The maximum absolute atomic E-state index is 13.0. The molecule has 0 radical (unpaired) electrons. The fourth-order valence-electron chi connectivity index (χ4n) is 3.98. The maximum Gasteiger partial charge on any atom is 0.408 e. The number of ether oxygens (including phenoxy) is 1. The zero-order valence-corrected chi connectivity index (χ0v) is 15.5. The van der Waals surface area contributed by atoms with Crippen molar-refractivity contribution in [1.29, 1.82) is 0 Å². The first-order valence-electron chi connectivity index (χ1n) is 9.29. The van der Waals surface area contributed by atoms with Gasteiger partial charge in [0.05, 0.1) is 6.04 Å². The van der Waals surface area contributed by atoms with Crippen molar-refractivity contribution >= 4 is 11.8 Å². The first-order chi connectivity index (χ1) is 13.8. The van der Waals surface area contributed by atoms with Crippen LogP contribution in [0, 0.1) is 11.8 Å². The van der Waals surface area contributed by atoms with Crippen LogP contribution >= 0.6 is 0 Å². The molecule has 1 saturated heterocycles. The Balaban J connectivity index is 1.60. The van der Waals surface area contributed by atoms with Gasteiger partial charge in [0.2, 0.25) is 11.8 Å². The first kappa shape index (κ1) is 19.3. The van der Waals surface area contributed by atoms with Gasteiger partial charge >= 0.3 is 6.18 Å². The molecule has 1 fully saturated rings. The number of hydrogen-bond acceptors (Lipinski definition) is 3. The molecule has 5 nitrogen and oxygen atoms in total. The van der Waals surface area contributed by atoms with Gasteiger partial charge in [-0.3, -0.25) is 9.59 Å². The maximum atomic E-state index is 13.0. The van der Waals surface area contributed by atoms with Crippen LogP contribution in [0.1, 0.15) is 30.5 Å². The van der Waals surface area contributed by atoms with E-state index in [4.69, 9.17) is 4.74 Å². The summed E-state index contributed by atoms with van der Waals surface area (Å²) in [4.78, 5) is 25.3. The van der Waals surface area contributed by atoms with Gasteiger partial charge in [-0.2, -0.15) is 13.2 Å².